The Kier molecular flexibility index (Phi) is 8.13. The number of aliphatic carboxylic acids is 1. The normalized spacial score (nSPS) is 13.8. The van der Waals surface area contributed by atoms with E-state index in [0.717, 1.165) is 0 Å². The van der Waals surface area contributed by atoms with Gasteiger partial charge in [-0.25, -0.2) is 4.79 Å². The summed E-state index contributed by atoms with van der Waals surface area (Å²) >= 11 is 0. The van der Waals surface area contributed by atoms with Crippen LogP contribution in [0.25, 0.3) is 0 Å². The Morgan fingerprint density at radius 2 is 1.94 bits per heavy atom. The number of rotatable bonds is 8. The molecular formula is C11H22N2O4. The molecule has 6 heteroatoms. The smallest absolute Gasteiger partial charge is 0.314 e. The van der Waals surface area contributed by atoms with Crippen LogP contribution in [0.5, 0.6) is 0 Å². The Labute approximate surface area is 102 Å². The fourth-order valence-corrected chi connectivity index (χ4v) is 1.20. The number of carboxylic acid groups (broad SMARTS) is 1. The zero-order valence-corrected chi connectivity index (χ0v) is 10.7. The first kappa shape index (κ1) is 15.7. The topological polar surface area (TPSA) is 87.7 Å². The molecule has 100 valence electrons. The summed E-state index contributed by atoms with van der Waals surface area (Å²) in [6.45, 7) is 5.07. The third kappa shape index (κ3) is 8.50. The largest absolute Gasteiger partial charge is 0.481 e. The molecule has 0 heterocycles. The van der Waals surface area contributed by atoms with Crippen molar-refractivity contribution in [3.8, 4) is 0 Å². The third-order valence-corrected chi connectivity index (χ3v) is 2.35. The highest BCUT2D eigenvalue weighted by atomic mass is 16.5. The molecule has 0 aromatic carbocycles. The molecule has 17 heavy (non-hydrogen) atoms. The first-order valence-electron chi connectivity index (χ1n) is 5.70. The van der Waals surface area contributed by atoms with Gasteiger partial charge in [0.15, 0.2) is 0 Å². The van der Waals surface area contributed by atoms with Crippen LogP contribution in [0.3, 0.4) is 0 Å². The van der Waals surface area contributed by atoms with Crippen LogP contribution in [0, 0.1) is 11.8 Å². The van der Waals surface area contributed by atoms with E-state index in [-0.39, 0.29) is 11.9 Å². The van der Waals surface area contributed by atoms with Crippen molar-refractivity contribution in [2.24, 2.45) is 11.8 Å². The number of carbonyl (C=O) groups is 2. The van der Waals surface area contributed by atoms with Crippen molar-refractivity contribution in [1.29, 1.82) is 0 Å². The maximum atomic E-state index is 11.3. The van der Waals surface area contributed by atoms with Crippen LogP contribution >= 0.6 is 0 Å². The van der Waals surface area contributed by atoms with Crippen molar-refractivity contribution in [2.45, 2.75) is 20.3 Å². The van der Waals surface area contributed by atoms with Gasteiger partial charge in [-0.05, 0) is 12.3 Å². The van der Waals surface area contributed by atoms with Crippen molar-refractivity contribution in [3.05, 3.63) is 0 Å². The van der Waals surface area contributed by atoms with Gasteiger partial charge in [0.1, 0.15) is 0 Å². The Bertz CT molecular complexity index is 246. The molecule has 0 rings (SSSR count). The van der Waals surface area contributed by atoms with E-state index >= 15 is 0 Å². The summed E-state index contributed by atoms with van der Waals surface area (Å²) in [5, 5.41) is 13.9. The van der Waals surface area contributed by atoms with Gasteiger partial charge in [-0.15, -0.1) is 0 Å². The highest BCUT2D eigenvalue weighted by molar-refractivity contribution is 5.74. The van der Waals surface area contributed by atoms with Gasteiger partial charge in [0, 0.05) is 20.2 Å². The fourth-order valence-electron chi connectivity index (χ4n) is 1.20. The van der Waals surface area contributed by atoms with Gasteiger partial charge in [-0.3, -0.25) is 4.79 Å². The van der Waals surface area contributed by atoms with E-state index in [0.29, 0.717) is 26.1 Å². The zero-order chi connectivity index (χ0) is 13.3. The summed E-state index contributed by atoms with van der Waals surface area (Å²) in [6, 6.07) is -0.273. The average Bonchev–Trinajstić information content (AvgIpc) is 2.26. The van der Waals surface area contributed by atoms with E-state index in [1.807, 2.05) is 6.92 Å². The van der Waals surface area contributed by atoms with Gasteiger partial charge in [0.25, 0.3) is 0 Å². The molecule has 6 nitrogen and oxygen atoms in total. The lowest BCUT2D eigenvalue weighted by Crippen LogP contribution is -2.39. The molecule has 0 aliphatic heterocycles. The number of amides is 2. The highest BCUT2D eigenvalue weighted by Crippen LogP contribution is 1.99. The van der Waals surface area contributed by atoms with Gasteiger partial charge in [-0.1, -0.05) is 13.8 Å². The lowest BCUT2D eigenvalue weighted by molar-refractivity contribution is -0.141. The quantitative estimate of drug-likeness (QED) is 0.587. The second-order valence-corrected chi connectivity index (χ2v) is 4.23. The lowest BCUT2D eigenvalue weighted by Gasteiger charge is -2.12. The molecule has 0 aliphatic carbocycles. The Balaban J connectivity index is 3.56. The lowest BCUT2D eigenvalue weighted by atomic mass is 10.1. The number of nitrogens with one attached hydrogen (secondary N) is 2. The van der Waals surface area contributed by atoms with Crippen LogP contribution in [0.15, 0.2) is 0 Å². The molecule has 0 aromatic heterocycles. The van der Waals surface area contributed by atoms with E-state index in [1.165, 1.54) is 0 Å². The van der Waals surface area contributed by atoms with Gasteiger partial charge in [0.05, 0.1) is 12.5 Å². The number of carbonyl (C=O) groups excluding carboxylic acids is 1. The fraction of sp³-hybridized carbons (Fsp3) is 0.818. The SMILES string of the molecule is COCC(C)CNC(=O)NCCC(C)C(=O)O. The van der Waals surface area contributed by atoms with E-state index in [4.69, 9.17) is 9.84 Å². The van der Waals surface area contributed by atoms with Crippen molar-refractivity contribution in [1.82, 2.24) is 10.6 Å². The van der Waals surface area contributed by atoms with Crippen molar-refractivity contribution in [3.63, 3.8) is 0 Å². The van der Waals surface area contributed by atoms with E-state index in [2.05, 4.69) is 10.6 Å². The standard InChI is InChI=1S/C11H22N2O4/c1-8(7-17-3)6-13-11(16)12-5-4-9(2)10(14)15/h8-9H,4-7H2,1-3H3,(H,14,15)(H2,12,13,16). The molecular weight excluding hydrogens is 224 g/mol. The summed E-state index contributed by atoms with van der Waals surface area (Å²) in [6.07, 6.45) is 0.427. The maximum Gasteiger partial charge on any atom is 0.314 e. The second-order valence-electron chi connectivity index (χ2n) is 4.23. The van der Waals surface area contributed by atoms with Crippen LogP contribution in [-0.2, 0) is 9.53 Å². The van der Waals surface area contributed by atoms with Crippen LogP contribution in [0.4, 0.5) is 4.79 Å². The first-order valence-corrected chi connectivity index (χ1v) is 5.70. The molecule has 0 aromatic rings. The van der Waals surface area contributed by atoms with Gasteiger partial charge in [0.2, 0.25) is 0 Å². The Morgan fingerprint density at radius 3 is 2.47 bits per heavy atom. The summed E-state index contributed by atoms with van der Waals surface area (Å²) < 4.78 is 4.94. The summed E-state index contributed by atoms with van der Waals surface area (Å²) in [5.74, 6) is -1.03. The molecule has 2 amide bonds. The van der Waals surface area contributed by atoms with E-state index < -0.39 is 11.9 Å². The number of carboxylic acids is 1. The molecule has 2 atom stereocenters. The number of hydrogen-bond donors (Lipinski definition) is 3. The third-order valence-electron chi connectivity index (χ3n) is 2.35. The Morgan fingerprint density at radius 1 is 1.29 bits per heavy atom. The Hall–Kier alpha value is -1.30. The van der Waals surface area contributed by atoms with Crippen molar-refractivity contribution >= 4 is 12.0 Å². The molecule has 0 saturated heterocycles. The van der Waals surface area contributed by atoms with E-state index in [1.54, 1.807) is 14.0 Å². The second kappa shape index (κ2) is 8.81. The van der Waals surface area contributed by atoms with Crippen molar-refractivity contribution in [2.75, 3.05) is 26.8 Å². The number of urea groups is 1. The number of ether oxygens (including phenoxy) is 1. The monoisotopic (exact) mass is 246 g/mol. The first-order chi connectivity index (χ1) is 7.97. The van der Waals surface area contributed by atoms with Crippen LogP contribution in [-0.4, -0.2) is 43.9 Å². The highest BCUT2D eigenvalue weighted by Gasteiger charge is 2.11. The number of hydrogen-bond acceptors (Lipinski definition) is 3. The summed E-state index contributed by atoms with van der Waals surface area (Å²) in [4.78, 5) is 21.8. The molecule has 0 bridgehead atoms. The van der Waals surface area contributed by atoms with Gasteiger partial charge >= 0.3 is 12.0 Å². The molecule has 0 radical (unpaired) electrons. The predicted molar refractivity (Wildman–Crippen MR) is 63.9 cm³/mol. The molecule has 0 saturated carbocycles. The molecule has 0 spiro atoms. The maximum absolute atomic E-state index is 11.3. The molecule has 0 aliphatic rings. The molecule has 3 N–H and O–H groups in total. The minimum absolute atomic E-state index is 0.253. The van der Waals surface area contributed by atoms with Gasteiger partial charge in [-0.2, -0.15) is 0 Å². The minimum atomic E-state index is -0.846. The minimum Gasteiger partial charge on any atom is -0.481 e. The van der Waals surface area contributed by atoms with Crippen LogP contribution < -0.4 is 10.6 Å². The van der Waals surface area contributed by atoms with Crippen LogP contribution in [0.2, 0.25) is 0 Å². The van der Waals surface area contributed by atoms with Crippen molar-refractivity contribution < 1.29 is 19.4 Å². The predicted octanol–water partition coefficient (Wildman–Crippen LogP) is 0.679. The van der Waals surface area contributed by atoms with E-state index in [9.17, 15) is 9.59 Å². The summed E-state index contributed by atoms with van der Waals surface area (Å²) in [7, 11) is 1.61. The molecule has 0 fully saturated rings. The summed E-state index contributed by atoms with van der Waals surface area (Å²) in [5.41, 5.74) is 0. The van der Waals surface area contributed by atoms with Gasteiger partial charge < -0.3 is 20.5 Å². The number of methoxy groups -OCH3 is 1. The van der Waals surface area contributed by atoms with Crippen LogP contribution in [0.1, 0.15) is 20.3 Å². The zero-order valence-electron chi connectivity index (χ0n) is 10.7. The molecule has 2 unspecified atom stereocenters. The average molecular weight is 246 g/mol.